The van der Waals surface area contributed by atoms with Crippen molar-refractivity contribution >= 4 is 33.4 Å². The number of carbonyl (C=O) groups is 1. The van der Waals surface area contributed by atoms with Gasteiger partial charge in [0.15, 0.2) is 0 Å². The Labute approximate surface area is 177 Å². The minimum Gasteiger partial charge on any atom is -0.310 e. The van der Waals surface area contributed by atoms with E-state index in [1.165, 1.54) is 6.07 Å². The van der Waals surface area contributed by atoms with Crippen LogP contribution in [0.1, 0.15) is 31.9 Å². The molecule has 1 aliphatic rings. The summed E-state index contributed by atoms with van der Waals surface area (Å²) in [5.41, 5.74) is 1.76. The molecule has 0 fully saturated rings. The van der Waals surface area contributed by atoms with Gasteiger partial charge in [-0.15, -0.1) is 11.8 Å². The topological polar surface area (TPSA) is 83.7 Å². The molecule has 0 spiro atoms. The number of likely N-dealkylation sites (N-methyl/N-ethyl adjacent to an activating group) is 1. The monoisotopic (exact) mass is 433 g/mol. The Morgan fingerprint density at radius 1 is 1.28 bits per heavy atom. The molecule has 156 valence electrons. The molecular formula is C21H27N3O3S2. The second-order valence-electron chi connectivity index (χ2n) is 7.44. The summed E-state index contributed by atoms with van der Waals surface area (Å²) in [6, 6.07) is 14.4. The molecule has 1 heterocycles. The van der Waals surface area contributed by atoms with E-state index in [2.05, 4.69) is 13.0 Å². The number of nitrogens with two attached hydrogens (primary N) is 1. The summed E-state index contributed by atoms with van der Waals surface area (Å²) in [5.74, 6) is 0.0316. The number of fused-ring (bicyclic) bond motifs is 1. The number of sulfonamides is 1. The standard InChI is InChI=1S/C21H27N3O3S2/c1-15-11-12-24(19-9-4-5-10-20(19)28-15)21(25)14-23(3)16(2)17-7-6-8-18(13-17)29(22,26)27/h4-10,13,15-16H,11-12,14H2,1-3H3,(H2,22,26,27)/t15-,16+/m1/s1. The third-order valence-corrected chi connectivity index (χ3v) is 7.41. The van der Waals surface area contributed by atoms with Crippen LogP contribution in [0.5, 0.6) is 0 Å². The van der Waals surface area contributed by atoms with Crippen LogP contribution in [0.15, 0.2) is 58.3 Å². The van der Waals surface area contributed by atoms with Crippen molar-refractivity contribution in [2.24, 2.45) is 5.14 Å². The average molecular weight is 434 g/mol. The van der Waals surface area contributed by atoms with Gasteiger partial charge in [-0.2, -0.15) is 0 Å². The Bertz CT molecular complexity index is 994. The maximum Gasteiger partial charge on any atom is 0.241 e. The van der Waals surface area contributed by atoms with Gasteiger partial charge in [-0.05, 0) is 50.2 Å². The number of anilines is 1. The van der Waals surface area contributed by atoms with Crippen molar-refractivity contribution in [1.29, 1.82) is 0 Å². The highest BCUT2D eigenvalue weighted by Crippen LogP contribution is 2.37. The van der Waals surface area contributed by atoms with Crippen LogP contribution in [0.4, 0.5) is 5.69 Å². The maximum atomic E-state index is 13.2. The number of nitrogens with zero attached hydrogens (tertiary/aromatic N) is 2. The molecular weight excluding hydrogens is 406 g/mol. The van der Waals surface area contributed by atoms with Crippen molar-refractivity contribution < 1.29 is 13.2 Å². The lowest BCUT2D eigenvalue weighted by Crippen LogP contribution is -2.40. The average Bonchev–Trinajstić information content (AvgIpc) is 2.85. The Morgan fingerprint density at radius 3 is 2.72 bits per heavy atom. The summed E-state index contributed by atoms with van der Waals surface area (Å²) in [5, 5.41) is 5.70. The van der Waals surface area contributed by atoms with Gasteiger partial charge in [0.1, 0.15) is 0 Å². The van der Waals surface area contributed by atoms with E-state index in [1.807, 2.05) is 48.0 Å². The number of carbonyl (C=O) groups excluding carboxylic acids is 1. The normalized spacial score (nSPS) is 18.2. The minimum atomic E-state index is -3.76. The molecule has 0 unspecified atom stereocenters. The molecule has 0 radical (unpaired) electrons. The van der Waals surface area contributed by atoms with Gasteiger partial charge < -0.3 is 4.90 Å². The van der Waals surface area contributed by atoms with E-state index in [0.717, 1.165) is 22.6 Å². The van der Waals surface area contributed by atoms with Gasteiger partial charge in [0.25, 0.3) is 0 Å². The number of rotatable bonds is 5. The molecule has 1 aliphatic heterocycles. The van der Waals surface area contributed by atoms with Gasteiger partial charge in [-0.3, -0.25) is 9.69 Å². The first-order chi connectivity index (χ1) is 13.7. The second kappa shape index (κ2) is 8.87. The van der Waals surface area contributed by atoms with E-state index in [9.17, 15) is 13.2 Å². The van der Waals surface area contributed by atoms with Crippen molar-refractivity contribution in [1.82, 2.24) is 4.90 Å². The van der Waals surface area contributed by atoms with Crippen molar-refractivity contribution in [2.75, 3.05) is 25.0 Å². The molecule has 6 nitrogen and oxygen atoms in total. The van der Waals surface area contributed by atoms with Crippen LogP contribution >= 0.6 is 11.8 Å². The molecule has 1 amide bonds. The van der Waals surface area contributed by atoms with Gasteiger partial charge in [-0.1, -0.05) is 31.2 Å². The van der Waals surface area contributed by atoms with E-state index in [-0.39, 0.29) is 23.4 Å². The zero-order valence-corrected chi connectivity index (χ0v) is 18.5. The highest BCUT2D eigenvalue weighted by atomic mass is 32.2. The first-order valence-corrected chi connectivity index (χ1v) is 12.0. The summed E-state index contributed by atoms with van der Waals surface area (Å²) in [4.78, 5) is 18.2. The van der Waals surface area contributed by atoms with Gasteiger partial charge in [0, 0.05) is 22.7 Å². The lowest BCUT2D eigenvalue weighted by molar-refractivity contribution is -0.119. The second-order valence-corrected chi connectivity index (χ2v) is 10.5. The van der Waals surface area contributed by atoms with E-state index < -0.39 is 10.0 Å². The molecule has 2 atom stereocenters. The minimum absolute atomic E-state index is 0.0316. The third kappa shape index (κ3) is 5.19. The summed E-state index contributed by atoms with van der Waals surface area (Å²) in [7, 11) is -1.90. The molecule has 0 saturated carbocycles. The third-order valence-electron chi connectivity index (χ3n) is 5.26. The number of para-hydroxylation sites is 1. The van der Waals surface area contributed by atoms with Crippen LogP contribution in [0.25, 0.3) is 0 Å². The van der Waals surface area contributed by atoms with E-state index >= 15 is 0 Å². The van der Waals surface area contributed by atoms with Gasteiger partial charge in [0.05, 0.1) is 17.1 Å². The fourth-order valence-electron chi connectivity index (χ4n) is 3.39. The first kappa shape index (κ1) is 21.8. The van der Waals surface area contributed by atoms with E-state index in [4.69, 9.17) is 5.14 Å². The molecule has 0 bridgehead atoms. The van der Waals surface area contributed by atoms with Crippen LogP contribution < -0.4 is 10.0 Å². The fourth-order valence-corrected chi connectivity index (χ4v) is 5.07. The van der Waals surface area contributed by atoms with Gasteiger partial charge in [-0.25, -0.2) is 13.6 Å². The zero-order valence-electron chi connectivity index (χ0n) is 16.9. The Balaban J connectivity index is 1.77. The molecule has 8 heteroatoms. The van der Waals surface area contributed by atoms with Crippen LogP contribution in [-0.4, -0.2) is 44.6 Å². The number of thioether (sulfide) groups is 1. The molecule has 0 aromatic heterocycles. The molecule has 3 rings (SSSR count). The smallest absolute Gasteiger partial charge is 0.241 e. The SMILES string of the molecule is C[C@@H]1CCN(C(=O)CN(C)[C@@H](C)c2cccc(S(N)(=O)=O)c2)c2ccccc2S1. The van der Waals surface area contributed by atoms with Gasteiger partial charge in [0.2, 0.25) is 15.9 Å². The largest absolute Gasteiger partial charge is 0.310 e. The molecule has 2 N–H and O–H groups in total. The lowest BCUT2D eigenvalue weighted by atomic mass is 10.1. The fraction of sp³-hybridized carbons (Fsp3) is 0.381. The van der Waals surface area contributed by atoms with E-state index in [0.29, 0.717) is 11.8 Å². The quantitative estimate of drug-likeness (QED) is 0.783. The predicted octanol–water partition coefficient (Wildman–Crippen LogP) is 3.24. The molecule has 0 saturated heterocycles. The van der Waals surface area contributed by atoms with Crippen LogP contribution in [0, 0.1) is 0 Å². The van der Waals surface area contributed by atoms with E-state index in [1.54, 1.807) is 23.9 Å². The van der Waals surface area contributed by atoms with Crippen LogP contribution in [0.2, 0.25) is 0 Å². The highest BCUT2D eigenvalue weighted by molar-refractivity contribution is 8.00. The number of benzene rings is 2. The summed E-state index contributed by atoms with van der Waals surface area (Å²) >= 11 is 1.80. The summed E-state index contributed by atoms with van der Waals surface area (Å²) in [6.45, 7) is 5.05. The summed E-state index contributed by atoms with van der Waals surface area (Å²) in [6.07, 6.45) is 0.931. The van der Waals surface area contributed by atoms with Crippen molar-refractivity contribution in [3.63, 3.8) is 0 Å². The number of primary sulfonamides is 1. The number of amides is 1. The Kier molecular flexibility index (Phi) is 6.68. The summed E-state index contributed by atoms with van der Waals surface area (Å²) < 4.78 is 23.3. The van der Waals surface area contributed by atoms with Gasteiger partial charge >= 0.3 is 0 Å². The number of hydrogen-bond donors (Lipinski definition) is 1. The lowest BCUT2D eigenvalue weighted by Gasteiger charge is -2.29. The first-order valence-electron chi connectivity index (χ1n) is 9.56. The van der Waals surface area contributed by atoms with Crippen molar-refractivity contribution in [2.45, 2.75) is 41.4 Å². The van der Waals surface area contributed by atoms with Crippen molar-refractivity contribution in [3.05, 3.63) is 54.1 Å². The van der Waals surface area contributed by atoms with Crippen LogP contribution in [-0.2, 0) is 14.8 Å². The molecule has 0 aliphatic carbocycles. The predicted molar refractivity (Wildman–Crippen MR) is 118 cm³/mol. The zero-order chi connectivity index (χ0) is 21.2. The Hall–Kier alpha value is -1.87. The molecule has 2 aromatic rings. The van der Waals surface area contributed by atoms with Crippen LogP contribution in [0.3, 0.4) is 0 Å². The Morgan fingerprint density at radius 2 is 2.00 bits per heavy atom. The highest BCUT2D eigenvalue weighted by Gasteiger charge is 2.26. The van der Waals surface area contributed by atoms with Crippen molar-refractivity contribution in [3.8, 4) is 0 Å². The number of hydrogen-bond acceptors (Lipinski definition) is 5. The molecule has 2 aromatic carbocycles. The maximum absolute atomic E-state index is 13.2. The molecule has 29 heavy (non-hydrogen) atoms.